The fraction of sp³-hybridized carbons (Fsp3) is 0.389. The van der Waals surface area contributed by atoms with E-state index in [2.05, 4.69) is 10.4 Å². The lowest BCUT2D eigenvalue weighted by atomic mass is 9.90. The van der Waals surface area contributed by atoms with Gasteiger partial charge in [0.25, 0.3) is 5.91 Å². The van der Waals surface area contributed by atoms with Gasteiger partial charge in [-0.3, -0.25) is 14.3 Å². The van der Waals surface area contributed by atoms with Crippen LogP contribution in [0.15, 0.2) is 36.5 Å². The number of nitrogens with one attached hydrogen (secondary N) is 1. The van der Waals surface area contributed by atoms with Crippen molar-refractivity contribution < 1.29 is 14.7 Å². The molecular formula is C18H22N4O3. The number of likely N-dealkylation sites (tertiary alicyclic amines) is 1. The standard InChI is InChI=1S/C18H22N4O3/c1-12-15(18(24)25)4-3-10-22(12)17(23)13-5-7-14(8-6-13)19-16-9-11-21(2)20-16/h5-9,11-12,15H,3-4,10H2,1-2H3,(H,19,20)(H,24,25)/t12-,15-/m1/s1. The van der Waals surface area contributed by atoms with E-state index < -0.39 is 11.9 Å². The number of carbonyl (C=O) groups excluding carboxylic acids is 1. The molecule has 0 unspecified atom stereocenters. The van der Waals surface area contributed by atoms with Crippen LogP contribution in [0.4, 0.5) is 11.5 Å². The minimum atomic E-state index is -0.833. The zero-order valence-corrected chi connectivity index (χ0v) is 14.3. The number of carboxylic acids is 1. The summed E-state index contributed by atoms with van der Waals surface area (Å²) in [7, 11) is 1.84. The molecule has 1 aliphatic rings. The molecule has 0 aliphatic carbocycles. The first-order chi connectivity index (χ1) is 12.0. The van der Waals surface area contributed by atoms with Gasteiger partial charge in [0.15, 0.2) is 5.82 Å². The number of aryl methyl sites for hydroxylation is 1. The highest BCUT2D eigenvalue weighted by Crippen LogP contribution is 2.26. The van der Waals surface area contributed by atoms with E-state index in [1.54, 1.807) is 21.7 Å². The summed E-state index contributed by atoms with van der Waals surface area (Å²) in [5, 5.41) is 16.7. The molecule has 0 saturated carbocycles. The van der Waals surface area contributed by atoms with Gasteiger partial charge in [0.1, 0.15) is 0 Å². The van der Waals surface area contributed by atoms with Gasteiger partial charge in [-0.2, -0.15) is 5.10 Å². The molecule has 0 bridgehead atoms. The number of carbonyl (C=O) groups is 2. The molecule has 2 N–H and O–H groups in total. The molecule has 1 aromatic carbocycles. The van der Waals surface area contributed by atoms with Crippen LogP contribution in [0, 0.1) is 5.92 Å². The monoisotopic (exact) mass is 342 g/mol. The van der Waals surface area contributed by atoms with Gasteiger partial charge in [-0.05, 0) is 44.0 Å². The Morgan fingerprint density at radius 3 is 2.56 bits per heavy atom. The third-order valence-corrected chi connectivity index (χ3v) is 4.68. The van der Waals surface area contributed by atoms with Crippen LogP contribution in [0.2, 0.25) is 0 Å². The van der Waals surface area contributed by atoms with E-state index in [0.29, 0.717) is 24.9 Å². The second kappa shape index (κ2) is 6.96. The topological polar surface area (TPSA) is 87.5 Å². The molecule has 2 atom stereocenters. The van der Waals surface area contributed by atoms with Crippen LogP contribution < -0.4 is 5.32 Å². The van der Waals surface area contributed by atoms with Crippen molar-refractivity contribution in [3.8, 4) is 0 Å². The van der Waals surface area contributed by atoms with Crippen molar-refractivity contribution in [3.05, 3.63) is 42.1 Å². The maximum atomic E-state index is 12.7. The molecule has 0 spiro atoms. The highest BCUT2D eigenvalue weighted by molar-refractivity contribution is 5.95. The van der Waals surface area contributed by atoms with Crippen molar-refractivity contribution >= 4 is 23.4 Å². The predicted molar refractivity (Wildman–Crippen MR) is 93.8 cm³/mol. The number of nitrogens with zero attached hydrogens (tertiary/aromatic N) is 3. The summed E-state index contributed by atoms with van der Waals surface area (Å²) in [6.45, 7) is 2.41. The third kappa shape index (κ3) is 3.65. The van der Waals surface area contributed by atoms with E-state index in [0.717, 1.165) is 11.5 Å². The first kappa shape index (κ1) is 17.0. The van der Waals surface area contributed by atoms with E-state index in [1.807, 2.05) is 38.4 Å². The zero-order valence-electron chi connectivity index (χ0n) is 14.3. The lowest BCUT2D eigenvalue weighted by Crippen LogP contribution is -2.49. The van der Waals surface area contributed by atoms with Gasteiger partial charge < -0.3 is 15.3 Å². The summed E-state index contributed by atoms with van der Waals surface area (Å²) in [6, 6.07) is 8.72. The Labute approximate surface area is 146 Å². The minimum absolute atomic E-state index is 0.122. The molecule has 0 radical (unpaired) electrons. The first-order valence-electron chi connectivity index (χ1n) is 8.36. The molecule has 2 aromatic rings. The number of anilines is 2. The SMILES string of the molecule is C[C@@H]1[C@H](C(=O)O)CCCN1C(=O)c1ccc(Nc2ccn(C)n2)cc1. The average Bonchev–Trinajstić information content (AvgIpc) is 3.00. The van der Waals surface area contributed by atoms with Crippen molar-refractivity contribution in [2.75, 3.05) is 11.9 Å². The molecule has 25 heavy (non-hydrogen) atoms. The Kier molecular flexibility index (Phi) is 4.74. The van der Waals surface area contributed by atoms with Crippen molar-refractivity contribution in [2.45, 2.75) is 25.8 Å². The Bertz CT molecular complexity index is 769. The largest absolute Gasteiger partial charge is 0.481 e. The number of hydrogen-bond acceptors (Lipinski definition) is 4. The van der Waals surface area contributed by atoms with Crippen molar-refractivity contribution in [2.24, 2.45) is 13.0 Å². The van der Waals surface area contributed by atoms with Crippen LogP contribution >= 0.6 is 0 Å². The van der Waals surface area contributed by atoms with Crippen LogP contribution in [0.5, 0.6) is 0 Å². The molecule has 7 heteroatoms. The Morgan fingerprint density at radius 1 is 1.24 bits per heavy atom. The van der Waals surface area contributed by atoms with Gasteiger partial charge in [-0.15, -0.1) is 0 Å². The Morgan fingerprint density at radius 2 is 1.96 bits per heavy atom. The Hall–Kier alpha value is -2.83. The second-order valence-corrected chi connectivity index (χ2v) is 6.40. The molecule has 2 heterocycles. The van der Waals surface area contributed by atoms with Gasteiger partial charge >= 0.3 is 5.97 Å². The van der Waals surface area contributed by atoms with Gasteiger partial charge in [0, 0.05) is 43.1 Å². The van der Waals surface area contributed by atoms with Crippen LogP contribution in [0.3, 0.4) is 0 Å². The van der Waals surface area contributed by atoms with Crippen LogP contribution in [0.1, 0.15) is 30.1 Å². The van der Waals surface area contributed by atoms with E-state index in [-0.39, 0.29) is 11.9 Å². The number of amides is 1. The lowest BCUT2D eigenvalue weighted by molar-refractivity contribution is -0.144. The van der Waals surface area contributed by atoms with E-state index >= 15 is 0 Å². The molecule has 3 rings (SSSR count). The maximum Gasteiger partial charge on any atom is 0.308 e. The zero-order chi connectivity index (χ0) is 18.0. The van der Waals surface area contributed by atoms with Gasteiger partial charge in [-0.1, -0.05) is 0 Å². The molecule has 132 valence electrons. The van der Waals surface area contributed by atoms with Crippen molar-refractivity contribution in [1.29, 1.82) is 0 Å². The van der Waals surface area contributed by atoms with E-state index in [9.17, 15) is 14.7 Å². The second-order valence-electron chi connectivity index (χ2n) is 6.40. The first-order valence-corrected chi connectivity index (χ1v) is 8.36. The Balaban J connectivity index is 1.71. The van der Waals surface area contributed by atoms with Crippen molar-refractivity contribution in [1.82, 2.24) is 14.7 Å². The molecular weight excluding hydrogens is 320 g/mol. The van der Waals surface area contributed by atoms with Gasteiger partial charge in [-0.25, -0.2) is 0 Å². The molecule has 1 amide bonds. The molecule has 1 aromatic heterocycles. The van der Waals surface area contributed by atoms with E-state index in [1.165, 1.54) is 0 Å². The summed E-state index contributed by atoms with van der Waals surface area (Å²) in [4.78, 5) is 25.8. The number of piperidine rings is 1. The lowest BCUT2D eigenvalue weighted by Gasteiger charge is -2.37. The molecule has 7 nitrogen and oxygen atoms in total. The van der Waals surface area contributed by atoms with Crippen LogP contribution in [-0.4, -0.2) is 44.3 Å². The summed E-state index contributed by atoms with van der Waals surface area (Å²) >= 11 is 0. The maximum absolute atomic E-state index is 12.7. The predicted octanol–water partition coefficient (Wildman–Crippen LogP) is 2.49. The summed E-state index contributed by atoms with van der Waals surface area (Å²) in [6.07, 6.45) is 3.18. The molecule has 1 aliphatic heterocycles. The van der Waals surface area contributed by atoms with Gasteiger partial charge in [0.2, 0.25) is 0 Å². The number of benzene rings is 1. The van der Waals surface area contributed by atoms with Crippen molar-refractivity contribution in [3.63, 3.8) is 0 Å². The number of hydrogen-bond donors (Lipinski definition) is 2. The highest BCUT2D eigenvalue weighted by Gasteiger charge is 2.35. The van der Waals surface area contributed by atoms with Crippen LogP contribution in [0.25, 0.3) is 0 Å². The molecule has 1 saturated heterocycles. The summed E-state index contributed by atoms with van der Waals surface area (Å²) in [5.74, 6) is -0.721. The number of aromatic nitrogens is 2. The smallest absolute Gasteiger partial charge is 0.308 e. The fourth-order valence-corrected chi connectivity index (χ4v) is 3.25. The average molecular weight is 342 g/mol. The molecule has 1 fully saturated rings. The summed E-state index contributed by atoms with van der Waals surface area (Å²) in [5.41, 5.74) is 1.40. The quantitative estimate of drug-likeness (QED) is 0.891. The highest BCUT2D eigenvalue weighted by atomic mass is 16.4. The third-order valence-electron chi connectivity index (χ3n) is 4.68. The van der Waals surface area contributed by atoms with Crippen LogP contribution in [-0.2, 0) is 11.8 Å². The number of aliphatic carboxylic acids is 1. The summed E-state index contributed by atoms with van der Waals surface area (Å²) < 4.78 is 1.71. The number of rotatable bonds is 4. The fourth-order valence-electron chi connectivity index (χ4n) is 3.25. The minimum Gasteiger partial charge on any atom is -0.481 e. The normalized spacial score (nSPS) is 20.3. The van der Waals surface area contributed by atoms with Gasteiger partial charge in [0.05, 0.1) is 5.92 Å². The van der Waals surface area contributed by atoms with E-state index in [4.69, 9.17) is 0 Å². The number of carboxylic acid groups (broad SMARTS) is 1.